The summed E-state index contributed by atoms with van der Waals surface area (Å²) in [6.07, 6.45) is 0. The van der Waals surface area contributed by atoms with Crippen LogP contribution in [0.15, 0.2) is 12.2 Å². The Morgan fingerprint density at radius 1 is 1.14 bits per heavy atom. The van der Waals surface area contributed by atoms with Gasteiger partial charge >= 0.3 is 14.5 Å². The SMILES string of the molecule is C=C(C)C(=O)O[Si](C)(C)O[Si](C)(C)C. The van der Waals surface area contributed by atoms with Gasteiger partial charge in [-0.3, -0.25) is 0 Å². The summed E-state index contributed by atoms with van der Waals surface area (Å²) in [6.45, 7) is 15.2. The van der Waals surface area contributed by atoms with Gasteiger partial charge in [0.15, 0.2) is 8.32 Å². The van der Waals surface area contributed by atoms with Crippen molar-refractivity contribution >= 4 is 22.8 Å². The lowest BCUT2D eigenvalue weighted by Crippen LogP contribution is -2.46. The number of hydrogen-bond acceptors (Lipinski definition) is 3. The molecule has 0 aliphatic carbocycles. The van der Waals surface area contributed by atoms with Crippen LogP contribution in [0.2, 0.25) is 32.7 Å². The zero-order valence-corrected chi connectivity index (χ0v) is 11.9. The Kier molecular flexibility index (Phi) is 4.29. The molecule has 14 heavy (non-hydrogen) atoms. The molecule has 0 aromatic carbocycles. The van der Waals surface area contributed by atoms with Crippen LogP contribution in [0.4, 0.5) is 0 Å². The van der Waals surface area contributed by atoms with E-state index in [9.17, 15) is 4.79 Å². The normalized spacial score (nSPS) is 12.4. The first-order valence-corrected chi connectivity index (χ1v) is 10.8. The Hall–Kier alpha value is -0.396. The van der Waals surface area contributed by atoms with Gasteiger partial charge < -0.3 is 8.54 Å². The Morgan fingerprint density at radius 2 is 1.57 bits per heavy atom. The molecular formula is C9H20O3Si2. The number of hydrogen-bond donors (Lipinski definition) is 0. The van der Waals surface area contributed by atoms with Crippen LogP contribution in [-0.4, -0.2) is 22.8 Å². The van der Waals surface area contributed by atoms with Crippen molar-refractivity contribution in [1.82, 2.24) is 0 Å². The molecule has 5 heteroatoms. The van der Waals surface area contributed by atoms with E-state index in [2.05, 4.69) is 26.2 Å². The van der Waals surface area contributed by atoms with Crippen LogP contribution in [0.3, 0.4) is 0 Å². The first kappa shape index (κ1) is 13.6. The summed E-state index contributed by atoms with van der Waals surface area (Å²) in [6, 6.07) is 0. The average molecular weight is 232 g/mol. The van der Waals surface area contributed by atoms with E-state index < -0.39 is 16.9 Å². The smallest absolute Gasteiger partial charge is 0.385 e. The van der Waals surface area contributed by atoms with E-state index in [1.165, 1.54) is 0 Å². The predicted molar refractivity (Wildman–Crippen MR) is 62.8 cm³/mol. The zero-order valence-electron chi connectivity index (χ0n) is 9.93. The van der Waals surface area contributed by atoms with E-state index in [0.29, 0.717) is 5.57 Å². The van der Waals surface area contributed by atoms with Gasteiger partial charge in [-0.25, -0.2) is 4.79 Å². The zero-order chi connectivity index (χ0) is 11.6. The third-order valence-electron chi connectivity index (χ3n) is 1.24. The minimum absolute atomic E-state index is 0.347. The minimum Gasteiger partial charge on any atom is -0.492 e. The van der Waals surface area contributed by atoms with Crippen LogP contribution in [0.5, 0.6) is 0 Å². The van der Waals surface area contributed by atoms with E-state index in [-0.39, 0.29) is 5.97 Å². The molecule has 0 aromatic rings. The van der Waals surface area contributed by atoms with Crippen LogP contribution in [0, 0.1) is 0 Å². The molecule has 0 heterocycles. The molecule has 0 radical (unpaired) electrons. The van der Waals surface area contributed by atoms with Crippen LogP contribution in [-0.2, 0) is 13.3 Å². The molecule has 0 N–H and O–H groups in total. The standard InChI is InChI=1S/C9H20O3Si2/c1-8(2)9(10)11-14(6,7)12-13(3,4)5/h1H2,2-7H3. The first-order chi connectivity index (χ1) is 6.03. The quantitative estimate of drug-likeness (QED) is 0.552. The fourth-order valence-corrected chi connectivity index (χ4v) is 7.75. The van der Waals surface area contributed by atoms with Crippen molar-refractivity contribution in [3.63, 3.8) is 0 Å². The van der Waals surface area contributed by atoms with Gasteiger partial charge in [-0.05, 0) is 39.7 Å². The van der Waals surface area contributed by atoms with Crippen molar-refractivity contribution in [2.24, 2.45) is 0 Å². The molecular weight excluding hydrogens is 212 g/mol. The van der Waals surface area contributed by atoms with E-state index in [1.807, 2.05) is 13.1 Å². The summed E-state index contributed by atoms with van der Waals surface area (Å²) in [5.74, 6) is -0.347. The summed E-state index contributed by atoms with van der Waals surface area (Å²) >= 11 is 0. The monoisotopic (exact) mass is 232 g/mol. The van der Waals surface area contributed by atoms with Gasteiger partial charge in [0.2, 0.25) is 0 Å². The lowest BCUT2D eigenvalue weighted by Gasteiger charge is -2.30. The lowest BCUT2D eigenvalue weighted by atomic mass is 10.4. The number of carbonyl (C=O) groups is 1. The third kappa shape index (κ3) is 6.12. The van der Waals surface area contributed by atoms with Gasteiger partial charge in [0.05, 0.1) is 0 Å². The molecule has 0 saturated carbocycles. The highest BCUT2D eigenvalue weighted by Gasteiger charge is 2.34. The Bertz CT molecular complexity index is 241. The molecule has 0 atom stereocenters. The van der Waals surface area contributed by atoms with Gasteiger partial charge in [-0.1, -0.05) is 6.58 Å². The molecule has 0 fully saturated rings. The molecule has 0 rings (SSSR count). The van der Waals surface area contributed by atoms with E-state index in [0.717, 1.165) is 0 Å². The molecule has 0 saturated heterocycles. The summed E-state index contributed by atoms with van der Waals surface area (Å²) < 4.78 is 11.1. The Balaban J connectivity index is 4.35. The highest BCUT2D eigenvalue weighted by atomic mass is 28.4. The molecule has 3 nitrogen and oxygen atoms in total. The Morgan fingerprint density at radius 3 is 1.86 bits per heavy atom. The van der Waals surface area contributed by atoms with Gasteiger partial charge in [0.1, 0.15) is 0 Å². The van der Waals surface area contributed by atoms with E-state index >= 15 is 0 Å². The molecule has 0 unspecified atom stereocenters. The predicted octanol–water partition coefficient (Wildman–Crippen LogP) is 2.66. The second kappa shape index (κ2) is 4.42. The molecule has 0 spiro atoms. The molecule has 0 aliphatic heterocycles. The summed E-state index contributed by atoms with van der Waals surface area (Å²) in [7, 11) is -3.95. The maximum Gasteiger partial charge on any atom is 0.385 e. The molecule has 0 aromatic heterocycles. The van der Waals surface area contributed by atoms with Crippen LogP contribution in [0.1, 0.15) is 6.92 Å². The average Bonchev–Trinajstić information content (AvgIpc) is 1.78. The number of carbonyl (C=O) groups excluding carboxylic acids is 1. The molecule has 0 amide bonds. The molecule has 82 valence electrons. The summed E-state index contributed by atoms with van der Waals surface area (Å²) in [5, 5.41) is 0. The third-order valence-corrected chi connectivity index (χ3v) is 6.33. The van der Waals surface area contributed by atoms with Gasteiger partial charge in [0, 0.05) is 5.57 Å². The van der Waals surface area contributed by atoms with Gasteiger partial charge in [0.25, 0.3) is 0 Å². The molecule has 0 aliphatic rings. The van der Waals surface area contributed by atoms with Crippen molar-refractivity contribution in [2.45, 2.75) is 39.7 Å². The van der Waals surface area contributed by atoms with Crippen LogP contribution < -0.4 is 0 Å². The fourth-order valence-electron chi connectivity index (χ4n) is 1.07. The second-order valence-corrected chi connectivity index (χ2v) is 12.8. The molecule has 0 bridgehead atoms. The first-order valence-electron chi connectivity index (χ1n) is 4.62. The van der Waals surface area contributed by atoms with Crippen molar-refractivity contribution in [2.75, 3.05) is 0 Å². The highest BCUT2D eigenvalue weighted by Crippen LogP contribution is 2.16. The minimum atomic E-state index is -2.31. The largest absolute Gasteiger partial charge is 0.492 e. The van der Waals surface area contributed by atoms with Crippen LogP contribution in [0.25, 0.3) is 0 Å². The maximum atomic E-state index is 11.3. The summed E-state index contributed by atoms with van der Waals surface area (Å²) in [5.41, 5.74) is 0.421. The highest BCUT2D eigenvalue weighted by molar-refractivity contribution is 6.82. The number of rotatable bonds is 4. The van der Waals surface area contributed by atoms with Crippen molar-refractivity contribution in [3.05, 3.63) is 12.2 Å². The fraction of sp³-hybridized carbons (Fsp3) is 0.667. The van der Waals surface area contributed by atoms with Crippen molar-refractivity contribution in [3.8, 4) is 0 Å². The van der Waals surface area contributed by atoms with Gasteiger partial charge in [-0.15, -0.1) is 0 Å². The van der Waals surface area contributed by atoms with Crippen molar-refractivity contribution in [1.29, 1.82) is 0 Å². The topological polar surface area (TPSA) is 35.5 Å². The van der Waals surface area contributed by atoms with Crippen molar-refractivity contribution < 1.29 is 13.3 Å². The lowest BCUT2D eigenvalue weighted by molar-refractivity contribution is -0.131. The maximum absolute atomic E-state index is 11.3. The van der Waals surface area contributed by atoms with E-state index in [1.54, 1.807) is 6.92 Å². The Labute approximate surface area is 88.5 Å². The van der Waals surface area contributed by atoms with Crippen LogP contribution >= 0.6 is 0 Å². The van der Waals surface area contributed by atoms with E-state index in [4.69, 9.17) is 8.54 Å². The van der Waals surface area contributed by atoms with Gasteiger partial charge in [-0.2, -0.15) is 0 Å². The second-order valence-electron chi connectivity index (χ2n) is 4.78. The summed E-state index contributed by atoms with van der Waals surface area (Å²) in [4.78, 5) is 11.3.